The molecule has 1 fully saturated rings. The third-order valence-corrected chi connectivity index (χ3v) is 4.78. The molecule has 1 heterocycles. The minimum absolute atomic E-state index is 0.0621. The van der Waals surface area contributed by atoms with Crippen LogP contribution in [0.3, 0.4) is 0 Å². The summed E-state index contributed by atoms with van der Waals surface area (Å²) in [6.45, 7) is 2.91. The maximum Gasteiger partial charge on any atom is 0.311 e. The molecule has 6 nitrogen and oxygen atoms in total. The van der Waals surface area contributed by atoms with Crippen LogP contribution in [0.25, 0.3) is 0 Å². The maximum absolute atomic E-state index is 12.3. The summed E-state index contributed by atoms with van der Waals surface area (Å²) in [7, 11) is 0. The Bertz CT molecular complexity index is 647. The van der Waals surface area contributed by atoms with Gasteiger partial charge in [0, 0.05) is 36.6 Å². The Kier molecular flexibility index (Phi) is 6.42. The summed E-state index contributed by atoms with van der Waals surface area (Å²) in [4.78, 5) is 37.2. The summed E-state index contributed by atoms with van der Waals surface area (Å²) in [6, 6.07) is 6.58. The minimum atomic E-state index is -0.864. The van der Waals surface area contributed by atoms with E-state index in [9.17, 15) is 19.5 Å². The van der Waals surface area contributed by atoms with Crippen molar-refractivity contribution in [3.8, 4) is 0 Å². The summed E-state index contributed by atoms with van der Waals surface area (Å²) in [6.07, 6.45) is 2.08. The third kappa shape index (κ3) is 5.19. The summed E-state index contributed by atoms with van der Waals surface area (Å²) >= 11 is 5.78. The molecule has 2 rings (SSSR count). The first-order valence-electron chi connectivity index (χ1n) is 8.37. The Morgan fingerprint density at radius 2 is 1.96 bits per heavy atom. The van der Waals surface area contributed by atoms with Crippen molar-refractivity contribution in [1.82, 2.24) is 10.2 Å². The number of rotatable bonds is 6. The standard InChI is InChI=1S/C18H23ClN2O4/c1-18(17(24)25)9-3-11-21(12-18)15(22)4-2-10-20-16(23)13-5-7-14(19)8-6-13/h5-8H,2-4,9-12H2,1H3,(H,20,23)(H,24,25). The average molecular weight is 367 g/mol. The summed E-state index contributed by atoms with van der Waals surface area (Å²) in [5.74, 6) is -1.13. The Morgan fingerprint density at radius 3 is 2.60 bits per heavy atom. The van der Waals surface area contributed by atoms with Crippen molar-refractivity contribution < 1.29 is 19.5 Å². The number of hydrogen-bond acceptors (Lipinski definition) is 3. The van der Waals surface area contributed by atoms with Gasteiger partial charge in [0.15, 0.2) is 0 Å². The van der Waals surface area contributed by atoms with E-state index in [1.54, 1.807) is 36.1 Å². The smallest absolute Gasteiger partial charge is 0.311 e. The fourth-order valence-corrected chi connectivity index (χ4v) is 3.06. The van der Waals surface area contributed by atoms with Crippen LogP contribution in [-0.4, -0.2) is 47.4 Å². The van der Waals surface area contributed by atoms with E-state index in [0.29, 0.717) is 42.9 Å². The van der Waals surface area contributed by atoms with Crippen LogP contribution < -0.4 is 5.32 Å². The number of carbonyl (C=O) groups excluding carboxylic acids is 2. The van der Waals surface area contributed by atoms with Crippen molar-refractivity contribution in [2.45, 2.75) is 32.6 Å². The highest BCUT2D eigenvalue weighted by Crippen LogP contribution is 2.30. The molecule has 2 amide bonds. The van der Waals surface area contributed by atoms with Crippen molar-refractivity contribution in [1.29, 1.82) is 0 Å². The molecule has 25 heavy (non-hydrogen) atoms. The first kappa shape index (κ1) is 19.2. The molecule has 0 aromatic heterocycles. The zero-order valence-corrected chi connectivity index (χ0v) is 15.0. The van der Waals surface area contributed by atoms with E-state index < -0.39 is 11.4 Å². The second-order valence-electron chi connectivity index (χ2n) is 6.65. The fourth-order valence-electron chi connectivity index (χ4n) is 2.93. The molecule has 1 aliphatic heterocycles. The third-order valence-electron chi connectivity index (χ3n) is 4.52. The lowest BCUT2D eigenvalue weighted by molar-refractivity contribution is -0.153. The molecule has 136 valence electrons. The molecule has 1 aromatic carbocycles. The van der Waals surface area contributed by atoms with Crippen LogP contribution in [0, 0.1) is 5.41 Å². The molecule has 1 saturated heterocycles. The van der Waals surface area contributed by atoms with Gasteiger partial charge in [0.1, 0.15) is 0 Å². The van der Waals surface area contributed by atoms with Crippen molar-refractivity contribution in [3.05, 3.63) is 34.9 Å². The fraction of sp³-hybridized carbons (Fsp3) is 0.500. The van der Waals surface area contributed by atoms with E-state index in [1.165, 1.54) is 0 Å². The van der Waals surface area contributed by atoms with Gasteiger partial charge in [0.25, 0.3) is 5.91 Å². The number of nitrogens with zero attached hydrogens (tertiary/aromatic N) is 1. The number of halogens is 1. The number of likely N-dealkylation sites (tertiary alicyclic amines) is 1. The highest BCUT2D eigenvalue weighted by Gasteiger charge is 2.39. The topological polar surface area (TPSA) is 86.7 Å². The van der Waals surface area contributed by atoms with Gasteiger partial charge in [-0.25, -0.2) is 0 Å². The first-order chi connectivity index (χ1) is 11.8. The van der Waals surface area contributed by atoms with Gasteiger partial charge in [-0.15, -0.1) is 0 Å². The van der Waals surface area contributed by atoms with Crippen LogP contribution in [-0.2, 0) is 9.59 Å². The first-order valence-corrected chi connectivity index (χ1v) is 8.74. The van der Waals surface area contributed by atoms with Crippen molar-refractivity contribution in [3.63, 3.8) is 0 Å². The van der Waals surface area contributed by atoms with Gasteiger partial charge < -0.3 is 15.3 Å². The number of benzene rings is 1. The summed E-state index contributed by atoms with van der Waals surface area (Å²) in [5, 5.41) is 12.6. The van der Waals surface area contributed by atoms with Gasteiger partial charge in [-0.1, -0.05) is 11.6 Å². The number of nitrogens with one attached hydrogen (secondary N) is 1. The molecular weight excluding hydrogens is 344 g/mol. The molecule has 0 aliphatic carbocycles. The van der Waals surface area contributed by atoms with Gasteiger partial charge >= 0.3 is 5.97 Å². The molecule has 0 radical (unpaired) electrons. The highest BCUT2D eigenvalue weighted by molar-refractivity contribution is 6.30. The zero-order chi connectivity index (χ0) is 18.4. The Hall–Kier alpha value is -2.08. The van der Waals surface area contributed by atoms with Crippen LogP contribution in [0.1, 0.15) is 43.0 Å². The number of carboxylic acid groups (broad SMARTS) is 1. The molecular formula is C18H23ClN2O4. The molecule has 1 atom stereocenters. The van der Waals surface area contributed by atoms with E-state index in [4.69, 9.17) is 11.6 Å². The molecule has 1 aromatic rings. The van der Waals surface area contributed by atoms with Crippen molar-refractivity contribution in [2.75, 3.05) is 19.6 Å². The van der Waals surface area contributed by atoms with Gasteiger partial charge in [-0.05, 0) is 50.5 Å². The normalized spacial score (nSPS) is 20.2. The van der Waals surface area contributed by atoms with E-state index in [2.05, 4.69) is 5.32 Å². The highest BCUT2D eigenvalue weighted by atomic mass is 35.5. The van der Waals surface area contributed by atoms with Gasteiger partial charge in [0.05, 0.1) is 5.41 Å². The number of piperidine rings is 1. The Balaban J connectivity index is 1.74. The zero-order valence-electron chi connectivity index (χ0n) is 14.3. The lowest BCUT2D eigenvalue weighted by Crippen LogP contribution is -2.48. The molecule has 0 bridgehead atoms. The molecule has 7 heteroatoms. The minimum Gasteiger partial charge on any atom is -0.481 e. The van der Waals surface area contributed by atoms with E-state index in [0.717, 1.165) is 0 Å². The number of hydrogen-bond donors (Lipinski definition) is 2. The predicted octanol–water partition coefficient (Wildman–Crippen LogP) is 2.56. The van der Waals surface area contributed by atoms with Gasteiger partial charge in [-0.3, -0.25) is 14.4 Å². The second kappa shape index (κ2) is 8.34. The van der Waals surface area contributed by atoms with Crippen LogP contribution in [0.5, 0.6) is 0 Å². The van der Waals surface area contributed by atoms with Crippen LogP contribution in [0.2, 0.25) is 5.02 Å². The molecule has 0 saturated carbocycles. The van der Waals surface area contributed by atoms with Crippen molar-refractivity contribution >= 4 is 29.4 Å². The number of amides is 2. The number of carbonyl (C=O) groups is 3. The van der Waals surface area contributed by atoms with E-state index in [-0.39, 0.29) is 24.8 Å². The van der Waals surface area contributed by atoms with Crippen LogP contribution >= 0.6 is 11.6 Å². The van der Waals surface area contributed by atoms with E-state index in [1.807, 2.05) is 0 Å². The average Bonchev–Trinajstić information content (AvgIpc) is 2.59. The Labute approximate surface area is 152 Å². The molecule has 2 N–H and O–H groups in total. The molecule has 0 spiro atoms. The van der Waals surface area contributed by atoms with Crippen LogP contribution in [0.15, 0.2) is 24.3 Å². The van der Waals surface area contributed by atoms with Crippen LogP contribution in [0.4, 0.5) is 0 Å². The van der Waals surface area contributed by atoms with E-state index >= 15 is 0 Å². The second-order valence-corrected chi connectivity index (χ2v) is 7.09. The largest absolute Gasteiger partial charge is 0.481 e. The Morgan fingerprint density at radius 1 is 1.28 bits per heavy atom. The van der Waals surface area contributed by atoms with Gasteiger partial charge in [0.2, 0.25) is 5.91 Å². The molecule has 1 aliphatic rings. The maximum atomic E-state index is 12.3. The predicted molar refractivity (Wildman–Crippen MR) is 94.6 cm³/mol. The molecule has 1 unspecified atom stereocenters. The number of aliphatic carboxylic acids is 1. The monoisotopic (exact) mass is 366 g/mol. The SMILES string of the molecule is CC1(C(=O)O)CCCN(C(=O)CCCNC(=O)c2ccc(Cl)cc2)C1. The number of carboxylic acids is 1. The quantitative estimate of drug-likeness (QED) is 0.757. The van der Waals surface area contributed by atoms with Crippen molar-refractivity contribution in [2.24, 2.45) is 5.41 Å². The lowest BCUT2D eigenvalue weighted by Gasteiger charge is -2.37. The van der Waals surface area contributed by atoms with Gasteiger partial charge in [-0.2, -0.15) is 0 Å². The summed E-state index contributed by atoms with van der Waals surface area (Å²) in [5.41, 5.74) is -0.347. The lowest BCUT2D eigenvalue weighted by atomic mass is 9.82. The summed E-state index contributed by atoms with van der Waals surface area (Å²) < 4.78 is 0.